The molecule has 2 N–H and O–H groups in total. The number of aliphatic carboxylic acids is 1. The minimum atomic E-state index is -3.29. The summed E-state index contributed by atoms with van der Waals surface area (Å²) in [6.45, 7) is 1.70. The lowest BCUT2D eigenvalue weighted by atomic mass is 10.1. The Morgan fingerprint density at radius 3 is 2.31 bits per heavy atom. The van der Waals surface area contributed by atoms with E-state index >= 15 is 0 Å². The van der Waals surface area contributed by atoms with E-state index in [0.29, 0.717) is 36.9 Å². The van der Waals surface area contributed by atoms with E-state index in [4.69, 9.17) is 4.74 Å². The molecule has 160 valence electrons. The zero-order valence-electron chi connectivity index (χ0n) is 16.4. The fraction of sp³-hybridized carbons (Fsp3) is 0.579. The lowest BCUT2D eigenvalue weighted by Crippen LogP contribution is -2.56. The molecule has 1 unspecified atom stereocenters. The zero-order chi connectivity index (χ0) is 21.0. The highest BCUT2D eigenvalue weighted by Gasteiger charge is 2.31. The number of carbonyl (C=O) groups is 2. The van der Waals surface area contributed by atoms with Crippen LogP contribution in [0.25, 0.3) is 0 Å². The minimum Gasteiger partial charge on any atom is -0.493 e. The van der Waals surface area contributed by atoms with Gasteiger partial charge >= 0.3 is 5.97 Å². The summed E-state index contributed by atoms with van der Waals surface area (Å²) >= 11 is 0. The van der Waals surface area contributed by atoms with Crippen molar-refractivity contribution in [2.75, 3.05) is 45.6 Å². The number of piperazine rings is 1. The van der Waals surface area contributed by atoms with Gasteiger partial charge in [0.25, 0.3) is 5.91 Å². The Hall–Kier alpha value is -2.17. The Balaban J connectivity index is 1.50. The number of carbonyl (C=O) groups excluding carboxylic acids is 1. The summed E-state index contributed by atoms with van der Waals surface area (Å²) in [6.07, 6.45) is 3.54. The Labute approximate surface area is 170 Å². The van der Waals surface area contributed by atoms with Gasteiger partial charge in [0.05, 0.1) is 12.9 Å². The van der Waals surface area contributed by atoms with Crippen LogP contribution in [0.5, 0.6) is 5.75 Å². The smallest absolute Gasteiger partial charge is 0.322 e. The van der Waals surface area contributed by atoms with Gasteiger partial charge in [0.1, 0.15) is 11.8 Å². The van der Waals surface area contributed by atoms with Gasteiger partial charge in [0, 0.05) is 38.3 Å². The van der Waals surface area contributed by atoms with E-state index in [9.17, 15) is 23.1 Å². The molecule has 2 aliphatic rings. The van der Waals surface area contributed by atoms with Crippen LogP contribution in [0.2, 0.25) is 0 Å². The van der Waals surface area contributed by atoms with Crippen LogP contribution in [-0.2, 0) is 14.8 Å². The molecule has 1 heterocycles. The predicted octanol–water partition coefficient (Wildman–Crippen LogP) is 0.236. The number of carboxylic acids is 1. The van der Waals surface area contributed by atoms with Gasteiger partial charge in [-0.3, -0.25) is 14.5 Å². The van der Waals surface area contributed by atoms with E-state index in [-0.39, 0.29) is 25.5 Å². The molecule has 1 aliphatic carbocycles. The monoisotopic (exact) mass is 425 g/mol. The average molecular weight is 426 g/mol. The minimum absolute atomic E-state index is 0.0625. The topological polar surface area (TPSA) is 116 Å². The van der Waals surface area contributed by atoms with Crippen LogP contribution >= 0.6 is 0 Å². The maximum atomic E-state index is 12.4. The van der Waals surface area contributed by atoms with E-state index in [1.807, 2.05) is 0 Å². The number of hydrogen-bond donors (Lipinski definition) is 2. The first-order valence-electron chi connectivity index (χ1n) is 9.67. The van der Waals surface area contributed by atoms with E-state index in [1.54, 1.807) is 29.2 Å². The van der Waals surface area contributed by atoms with Crippen molar-refractivity contribution < 1.29 is 27.9 Å². The Kier molecular flexibility index (Phi) is 6.76. The third-order valence-corrected chi connectivity index (χ3v) is 6.53. The molecule has 9 nitrogen and oxygen atoms in total. The molecule has 0 aromatic heterocycles. The summed E-state index contributed by atoms with van der Waals surface area (Å²) in [5.74, 6) is -0.0625. The van der Waals surface area contributed by atoms with E-state index in [2.05, 4.69) is 5.32 Å². The van der Waals surface area contributed by atoms with Crippen LogP contribution in [0.15, 0.2) is 24.3 Å². The number of amides is 1. The van der Waals surface area contributed by atoms with Gasteiger partial charge in [0.15, 0.2) is 0 Å². The van der Waals surface area contributed by atoms with E-state index < -0.39 is 22.0 Å². The summed E-state index contributed by atoms with van der Waals surface area (Å²) in [6, 6.07) is 5.85. The highest BCUT2D eigenvalue weighted by atomic mass is 32.2. The number of carboxylic acid groups (broad SMARTS) is 1. The molecule has 0 spiro atoms. The molecule has 1 saturated carbocycles. The fourth-order valence-electron chi connectivity index (χ4n) is 3.21. The first kappa shape index (κ1) is 21.5. The van der Waals surface area contributed by atoms with Gasteiger partial charge in [0.2, 0.25) is 10.0 Å². The van der Waals surface area contributed by atoms with Crippen molar-refractivity contribution >= 4 is 21.9 Å². The van der Waals surface area contributed by atoms with Crippen molar-refractivity contribution in [2.45, 2.75) is 18.9 Å². The molecular formula is C19H27N3O6S. The highest BCUT2D eigenvalue weighted by molar-refractivity contribution is 7.88. The molecule has 10 heteroatoms. The number of nitrogens with one attached hydrogen (secondary N) is 1. The average Bonchev–Trinajstić information content (AvgIpc) is 3.51. The second-order valence-corrected chi connectivity index (χ2v) is 9.52. The maximum Gasteiger partial charge on any atom is 0.322 e. The molecule has 0 radical (unpaired) electrons. The zero-order valence-corrected chi connectivity index (χ0v) is 17.2. The molecular weight excluding hydrogens is 398 g/mol. The molecule has 1 amide bonds. The van der Waals surface area contributed by atoms with Gasteiger partial charge in [-0.1, -0.05) is 0 Å². The first-order valence-corrected chi connectivity index (χ1v) is 11.5. The van der Waals surface area contributed by atoms with Crippen molar-refractivity contribution in [1.82, 2.24) is 14.5 Å². The molecule has 29 heavy (non-hydrogen) atoms. The normalized spacial score (nSPS) is 19.5. The van der Waals surface area contributed by atoms with Crippen molar-refractivity contribution in [1.29, 1.82) is 0 Å². The first-order chi connectivity index (χ1) is 13.7. The molecule has 0 bridgehead atoms. The van der Waals surface area contributed by atoms with Crippen molar-refractivity contribution in [2.24, 2.45) is 5.92 Å². The second kappa shape index (κ2) is 9.10. The van der Waals surface area contributed by atoms with Crippen molar-refractivity contribution in [3.63, 3.8) is 0 Å². The van der Waals surface area contributed by atoms with Crippen LogP contribution < -0.4 is 10.1 Å². The SMILES string of the molecule is CS(=O)(=O)N1CCN(C(CNC(=O)c2ccc(OCC3CC3)cc2)C(=O)O)CC1. The number of ether oxygens (including phenoxy) is 1. The van der Waals surface area contributed by atoms with E-state index in [0.717, 1.165) is 6.26 Å². The van der Waals surface area contributed by atoms with Gasteiger partial charge < -0.3 is 15.2 Å². The number of benzene rings is 1. The summed E-state index contributed by atoms with van der Waals surface area (Å²) < 4.78 is 30.2. The van der Waals surface area contributed by atoms with Crippen LogP contribution in [0, 0.1) is 5.92 Å². The second-order valence-electron chi connectivity index (χ2n) is 7.54. The van der Waals surface area contributed by atoms with E-state index in [1.165, 1.54) is 17.1 Å². The van der Waals surface area contributed by atoms with Gasteiger partial charge in [-0.25, -0.2) is 8.42 Å². The number of rotatable bonds is 9. The van der Waals surface area contributed by atoms with Crippen LogP contribution in [-0.4, -0.2) is 86.2 Å². The predicted molar refractivity (Wildman–Crippen MR) is 106 cm³/mol. The Morgan fingerprint density at radius 1 is 1.17 bits per heavy atom. The van der Waals surface area contributed by atoms with Crippen molar-refractivity contribution in [3.8, 4) is 5.75 Å². The molecule has 1 aromatic rings. The van der Waals surface area contributed by atoms with Crippen molar-refractivity contribution in [3.05, 3.63) is 29.8 Å². The quantitative estimate of drug-likeness (QED) is 0.582. The molecule has 1 saturated heterocycles. The molecule has 1 atom stereocenters. The standard InChI is InChI=1S/C19H27N3O6S/c1-29(26,27)22-10-8-21(9-11-22)17(19(24)25)12-20-18(23)15-4-6-16(7-5-15)28-13-14-2-3-14/h4-7,14,17H,2-3,8-13H2,1H3,(H,20,23)(H,24,25). The molecule has 1 aliphatic heterocycles. The summed E-state index contributed by atoms with van der Waals surface area (Å²) in [4.78, 5) is 25.7. The summed E-state index contributed by atoms with van der Waals surface area (Å²) in [5.41, 5.74) is 0.426. The number of hydrogen-bond acceptors (Lipinski definition) is 6. The van der Waals surface area contributed by atoms with Gasteiger partial charge in [-0.2, -0.15) is 4.31 Å². The highest BCUT2D eigenvalue weighted by Crippen LogP contribution is 2.29. The van der Waals surface area contributed by atoms with Crippen LogP contribution in [0.4, 0.5) is 0 Å². The largest absolute Gasteiger partial charge is 0.493 e. The van der Waals surface area contributed by atoms with Crippen LogP contribution in [0.3, 0.4) is 0 Å². The summed E-state index contributed by atoms with van der Waals surface area (Å²) in [5, 5.41) is 12.2. The number of sulfonamides is 1. The number of nitrogens with zero attached hydrogens (tertiary/aromatic N) is 2. The molecule has 3 rings (SSSR count). The third kappa shape index (κ3) is 6.15. The van der Waals surface area contributed by atoms with Gasteiger partial charge in [-0.05, 0) is 43.0 Å². The molecule has 2 fully saturated rings. The molecule has 1 aromatic carbocycles. The lowest BCUT2D eigenvalue weighted by molar-refractivity contribution is -0.143. The Bertz CT molecular complexity index is 830. The fourth-order valence-corrected chi connectivity index (χ4v) is 4.04. The van der Waals surface area contributed by atoms with Gasteiger partial charge in [-0.15, -0.1) is 0 Å². The maximum absolute atomic E-state index is 12.4. The third-order valence-electron chi connectivity index (χ3n) is 5.22. The summed E-state index contributed by atoms with van der Waals surface area (Å²) in [7, 11) is -3.29. The van der Waals surface area contributed by atoms with Crippen LogP contribution in [0.1, 0.15) is 23.2 Å². The lowest BCUT2D eigenvalue weighted by Gasteiger charge is -2.36. The Morgan fingerprint density at radius 2 is 1.79 bits per heavy atom.